The Morgan fingerprint density at radius 1 is 1.44 bits per heavy atom. The first-order chi connectivity index (χ1) is 8.83. The second-order valence-corrected chi connectivity index (χ2v) is 4.31. The molecule has 2 heterocycles. The fourth-order valence-corrected chi connectivity index (χ4v) is 1.88. The molecule has 0 fully saturated rings. The first-order valence-electron chi connectivity index (χ1n) is 6.25. The molecule has 0 spiro atoms. The molecule has 2 N–H and O–H groups in total. The topological polar surface area (TPSA) is 77.8 Å². The molecule has 0 aliphatic rings. The van der Waals surface area contributed by atoms with Gasteiger partial charge in [-0.2, -0.15) is 4.98 Å². The number of nitrogens with zero attached hydrogens (tertiary/aromatic N) is 3. The molecular weight excluding hydrogens is 228 g/mol. The molecule has 0 radical (unpaired) electrons. The molecule has 96 valence electrons. The summed E-state index contributed by atoms with van der Waals surface area (Å²) in [7, 11) is 0. The van der Waals surface area contributed by atoms with Crippen LogP contribution >= 0.6 is 0 Å². The quantitative estimate of drug-likeness (QED) is 0.842. The van der Waals surface area contributed by atoms with E-state index in [1.807, 2.05) is 18.3 Å². The van der Waals surface area contributed by atoms with E-state index in [-0.39, 0.29) is 5.92 Å². The van der Waals surface area contributed by atoms with Crippen LogP contribution in [0.4, 0.5) is 0 Å². The summed E-state index contributed by atoms with van der Waals surface area (Å²) < 4.78 is 5.28. The standard InChI is InChI=1S/C13H18N4O/c1-2-4-11(8-14)13-16-12(17-18-13)7-10-5-3-6-15-9-10/h3,5-6,9,11H,2,4,7-8,14H2,1H3. The summed E-state index contributed by atoms with van der Waals surface area (Å²) in [4.78, 5) is 8.47. The Morgan fingerprint density at radius 2 is 2.33 bits per heavy atom. The molecular formula is C13H18N4O. The van der Waals surface area contributed by atoms with Crippen molar-refractivity contribution in [3.05, 3.63) is 41.8 Å². The molecule has 1 atom stereocenters. The summed E-state index contributed by atoms with van der Waals surface area (Å²) in [6.45, 7) is 2.66. The van der Waals surface area contributed by atoms with E-state index >= 15 is 0 Å². The van der Waals surface area contributed by atoms with E-state index in [0.717, 1.165) is 18.4 Å². The maximum atomic E-state index is 5.71. The van der Waals surface area contributed by atoms with Gasteiger partial charge in [-0.25, -0.2) is 0 Å². The summed E-state index contributed by atoms with van der Waals surface area (Å²) in [5, 5.41) is 3.99. The zero-order valence-electron chi connectivity index (χ0n) is 10.5. The van der Waals surface area contributed by atoms with Crippen LogP contribution in [0, 0.1) is 0 Å². The third-order valence-corrected chi connectivity index (χ3v) is 2.84. The van der Waals surface area contributed by atoms with E-state index in [9.17, 15) is 0 Å². The summed E-state index contributed by atoms with van der Waals surface area (Å²) >= 11 is 0. The van der Waals surface area contributed by atoms with E-state index < -0.39 is 0 Å². The largest absolute Gasteiger partial charge is 0.339 e. The number of nitrogens with two attached hydrogens (primary N) is 1. The highest BCUT2D eigenvalue weighted by Gasteiger charge is 2.16. The van der Waals surface area contributed by atoms with Crippen molar-refractivity contribution in [2.75, 3.05) is 6.54 Å². The Bertz CT molecular complexity index is 469. The molecule has 0 amide bonds. The van der Waals surface area contributed by atoms with Crippen LogP contribution in [0.5, 0.6) is 0 Å². The molecule has 2 aromatic heterocycles. The van der Waals surface area contributed by atoms with Gasteiger partial charge in [-0.05, 0) is 18.1 Å². The van der Waals surface area contributed by atoms with Crippen LogP contribution in [0.1, 0.15) is 43.0 Å². The van der Waals surface area contributed by atoms with Crippen molar-refractivity contribution >= 4 is 0 Å². The first-order valence-corrected chi connectivity index (χ1v) is 6.25. The van der Waals surface area contributed by atoms with Crippen LogP contribution in [0.15, 0.2) is 29.0 Å². The number of hydrogen-bond acceptors (Lipinski definition) is 5. The molecule has 2 rings (SSSR count). The zero-order valence-corrected chi connectivity index (χ0v) is 10.5. The van der Waals surface area contributed by atoms with E-state index in [1.54, 1.807) is 6.20 Å². The van der Waals surface area contributed by atoms with E-state index in [1.165, 1.54) is 0 Å². The average molecular weight is 246 g/mol. The van der Waals surface area contributed by atoms with E-state index in [2.05, 4.69) is 22.0 Å². The van der Waals surface area contributed by atoms with Gasteiger partial charge >= 0.3 is 0 Å². The van der Waals surface area contributed by atoms with Gasteiger partial charge in [0.2, 0.25) is 5.89 Å². The molecule has 18 heavy (non-hydrogen) atoms. The fourth-order valence-electron chi connectivity index (χ4n) is 1.88. The van der Waals surface area contributed by atoms with Gasteiger partial charge in [-0.3, -0.25) is 4.98 Å². The normalized spacial score (nSPS) is 12.6. The smallest absolute Gasteiger partial charge is 0.231 e. The second kappa shape index (κ2) is 6.26. The van der Waals surface area contributed by atoms with Crippen molar-refractivity contribution in [2.24, 2.45) is 5.73 Å². The van der Waals surface area contributed by atoms with E-state index in [0.29, 0.717) is 24.7 Å². The third-order valence-electron chi connectivity index (χ3n) is 2.84. The van der Waals surface area contributed by atoms with Crippen molar-refractivity contribution < 1.29 is 4.52 Å². The molecule has 0 aliphatic heterocycles. The van der Waals surface area contributed by atoms with Gasteiger partial charge in [0.1, 0.15) is 0 Å². The van der Waals surface area contributed by atoms with Gasteiger partial charge in [0.15, 0.2) is 5.82 Å². The lowest BCUT2D eigenvalue weighted by Gasteiger charge is -2.06. The molecule has 0 aromatic carbocycles. The van der Waals surface area contributed by atoms with Gasteiger partial charge in [0.05, 0.1) is 5.92 Å². The van der Waals surface area contributed by atoms with Crippen molar-refractivity contribution in [1.29, 1.82) is 0 Å². The molecule has 2 aromatic rings. The third kappa shape index (κ3) is 3.13. The number of aromatic nitrogens is 3. The molecule has 1 unspecified atom stereocenters. The maximum absolute atomic E-state index is 5.71. The van der Waals surface area contributed by atoms with Crippen LogP contribution in [0.25, 0.3) is 0 Å². The molecule has 0 bridgehead atoms. The number of pyridine rings is 1. The van der Waals surface area contributed by atoms with E-state index in [4.69, 9.17) is 10.3 Å². The van der Waals surface area contributed by atoms with Crippen LogP contribution < -0.4 is 5.73 Å². The SMILES string of the molecule is CCCC(CN)c1nc(Cc2cccnc2)no1. The first kappa shape index (κ1) is 12.7. The van der Waals surface area contributed by atoms with Gasteiger partial charge in [-0.15, -0.1) is 0 Å². The van der Waals surface area contributed by atoms with Crippen molar-refractivity contribution in [1.82, 2.24) is 15.1 Å². The predicted molar refractivity (Wildman–Crippen MR) is 68.0 cm³/mol. The average Bonchev–Trinajstić information content (AvgIpc) is 2.85. The summed E-state index contributed by atoms with van der Waals surface area (Å²) in [6, 6.07) is 3.89. The van der Waals surface area contributed by atoms with Gasteiger partial charge in [0.25, 0.3) is 0 Å². The highest BCUT2D eigenvalue weighted by atomic mass is 16.5. The minimum Gasteiger partial charge on any atom is -0.339 e. The Morgan fingerprint density at radius 3 is 3.00 bits per heavy atom. The second-order valence-electron chi connectivity index (χ2n) is 4.31. The van der Waals surface area contributed by atoms with Gasteiger partial charge < -0.3 is 10.3 Å². The monoisotopic (exact) mass is 246 g/mol. The van der Waals surface area contributed by atoms with Crippen LogP contribution in [-0.2, 0) is 6.42 Å². The highest BCUT2D eigenvalue weighted by molar-refractivity contribution is 5.14. The predicted octanol–water partition coefficient (Wildman–Crippen LogP) is 1.90. The lowest BCUT2D eigenvalue weighted by molar-refractivity contribution is 0.344. The number of hydrogen-bond donors (Lipinski definition) is 1. The minimum atomic E-state index is 0.171. The lowest BCUT2D eigenvalue weighted by Crippen LogP contribution is -2.12. The van der Waals surface area contributed by atoms with Gasteiger partial charge in [-0.1, -0.05) is 24.6 Å². The summed E-state index contributed by atoms with van der Waals surface area (Å²) in [6.07, 6.45) is 6.23. The minimum absolute atomic E-state index is 0.171. The van der Waals surface area contributed by atoms with Gasteiger partial charge in [0, 0.05) is 25.4 Å². The Kier molecular flexibility index (Phi) is 4.41. The Balaban J connectivity index is 2.06. The van der Waals surface area contributed by atoms with Crippen molar-refractivity contribution in [2.45, 2.75) is 32.1 Å². The van der Waals surface area contributed by atoms with Crippen molar-refractivity contribution in [3.63, 3.8) is 0 Å². The molecule has 5 heteroatoms. The lowest BCUT2D eigenvalue weighted by atomic mass is 10.0. The summed E-state index contributed by atoms with van der Waals surface area (Å²) in [5.74, 6) is 1.51. The molecule has 5 nitrogen and oxygen atoms in total. The number of rotatable bonds is 6. The fraction of sp³-hybridized carbons (Fsp3) is 0.462. The van der Waals surface area contributed by atoms with Crippen LogP contribution in [-0.4, -0.2) is 21.7 Å². The molecule has 0 saturated carbocycles. The molecule has 0 saturated heterocycles. The maximum Gasteiger partial charge on any atom is 0.231 e. The van der Waals surface area contributed by atoms with Crippen LogP contribution in [0.3, 0.4) is 0 Å². The summed E-state index contributed by atoms with van der Waals surface area (Å²) in [5.41, 5.74) is 6.79. The zero-order chi connectivity index (χ0) is 12.8. The van der Waals surface area contributed by atoms with Crippen molar-refractivity contribution in [3.8, 4) is 0 Å². The Hall–Kier alpha value is -1.75. The molecule has 0 aliphatic carbocycles. The Labute approximate surface area is 106 Å². The van der Waals surface area contributed by atoms with Crippen LogP contribution in [0.2, 0.25) is 0 Å². The highest BCUT2D eigenvalue weighted by Crippen LogP contribution is 2.18.